The van der Waals surface area contributed by atoms with Crippen molar-refractivity contribution in [3.8, 4) is 0 Å². The van der Waals surface area contributed by atoms with Gasteiger partial charge in [0.2, 0.25) is 0 Å². The highest BCUT2D eigenvalue weighted by molar-refractivity contribution is 7.86. The summed E-state index contributed by atoms with van der Waals surface area (Å²) in [6.45, 7) is 5.57. The lowest BCUT2D eigenvalue weighted by Crippen LogP contribution is -2.66. The van der Waals surface area contributed by atoms with Gasteiger partial charge in [-0.25, -0.2) is 0 Å². The Balaban J connectivity index is 0.952. The fourth-order valence-electron chi connectivity index (χ4n) is 11.0. The molecule has 10 atom stereocenters. The number of ether oxygens (including phenoxy) is 11. The van der Waals surface area contributed by atoms with Gasteiger partial charge in [-0.1, -0.05) is 238 Å². The molecule has 0 bridgehead atoms. The normalized spacial score (nSPS) is 22.5. The second-order valence-corrected chi connectivity index (χ2v) is 23.2. The zero-order chi connectivity index (χ0) is 59.7. The molecular formula is C71H82O14S. The summed E-state index contributed by atoms with van der Waals surface area (Å²) in [6.07, 6.45) is -2.32. The van der Waals surface area contributed by atoms with Crippen molar-refractivity contribution in [1.29, 1.82) is 0 Å². The molecule has 2 aliphatic rings. The number of hydrogen-bond acceptors (Lipinski definition) is 14. The van der Waals surface area contributed by atoms with Crippen LogP contribution in [0.2, 0.25) is 0 Å². The van der Waals surface area contributed by atoms with E-state index in [0.717, 1.165) is 77.3 Å². The van der Waals surface area contributed by atoms with E-state index >= 15 is 0 Å². The molecule has 0 unspecified atom stereocenters. The number of unbranched alkanes of at least 4 members (excludes halogenated alkanes) is 4. The van der Waals surface area contributed by atoms with Crippen molar-refractivity contribution in [3.05, 3.63) is 264 Å². The average molecular weight is 1190 g/mol. The van der Waals surface area contributed by atoms with Gasteiger partial charge in [-0.3, -0.25) is 4.18 Å². The molecule has 15 heteroatoms. The summed E-state index contributed by atoms with van der Waals surface area (Å²) in [5.41, 5.74) is 6.18. The van der Waals surface area contributed by atoms with E-state index in [4.69, 9.17) is 56.3 Å². The van der Waals surface area contributed by atoms with Crippen molar-refractivity contribution in [2.45, 2.75) is 126 Å². The van der Waals surface area contributed by atoms with E-state index in [1.807, 2.05) is 140 Å². The first-order valence-corrected chi connectivity index (χ1v) is 31.6. The van der Waals surface area contributed by atoms with Crippen LogP contribution in [0.15, 0.2) is 225 Å². The highest BCUT2D eigenvalue weighted by atomic mass is 32.2. The third kappa shape index (κ3) is 18.4. The Morgan fingerprint density at radius 1 is 0.442 bits per heavy atom. The SMILES string of the molecule is C=CCO[C@@H]1[C@H](O[C@H]2O[C@H](COCCCCCCCOC(c3ccccc3)(c3ccccc3)c3ccccc3)[C@H](OCc3ccccc3)[C@H](OCc3ccccc3)[C@H]2OCc2ccccc2)[C@@H](OC)O[C@H](COS(C)(=O)=O)[C@H]1OCc1ccccc1. The van der Waals surface area contributed by atoms with E-state index in [2.05, 4.69) is 79.4 Å². The Bertz CT molecular complexity index is 3000. The summed E-state index contributed by atoms with van der Waals surface area (Å²) in [6, 6.07) is 70.8. The van der Waals surface area contributed by atoms with E-state index in [1.165, 1.54) is 7.11 Å². The van der Waals surface area contributed by atoms with Crippen LogP contribution >= 0.6 is 0 Å². The van der Waals surface area contributed by atoms with Crippen LogP contribution in [0, 0.1) is 0 Å². The van der Waals surface area contributed by atoms with Crippen molar-refractivity contribution in [2.24, 2.45) is 0 Å². The molecule has 0 amide bonds. The van der Waals surface area contributed by atoms with Crippen LogP contribution in [0.3, 0.4) is 0 Å². The van der Waals surface area contributed by atoms with Gasteiger partial charge in [-0.2, -0.15) is 8.42 Å². The van der Waals surface area contributed by atoms with E-state index in [9.17, 15) is 8.42 Å². The molecule has 2 saturated heterocycles. The first kappa shape index (κ1) is 64.2. The molecule has 456 valence electrons. The highest BCUT2D eigenvalue weighted by Gasteiger charge is 2.55. The third-order valence-electron chi connectivity index (χ3n) is 15.3. The second kappa shape index (κ2) is 33.8. The smallest absolute Gasteiger partial charge is 0.264 e. The minimum absolute atomic E-state index is 0.0746. The molecule has 0 aromatic heterocycles. The molecule has 86 heavy (non-hydrogen) atoms. The number of methoxy groups -OCH3 is 1. The van der Waals surface area contributed by atoms with Crippen LogP contribution in [0.5, 0.6) is 0 Å². The molecule has 9 rings (SSSR count). The maximum absolute atomic E-state index is 12.5. The minimum atomic E-state index is -3.90. The third-order valence-corrected chi connectivity index (χ3v) is 15.8. The first-order chi connectivity index (χ1) is 42.2. The predicted molar refractivity (Wildman–Crippen MR) is 329 cm³/mol. The lowest BCUT2D eigenvalue weighted by molar-refractivity contribution is -0.379. The number of benzene rings is 7. The Hall–Kier alpha value is -6.25. The van der Waals surface area contributed by atoms with E-state index < -0.39 is 77.1 Å². The van der Waals surface area contributed by atoms with Gasteiger partial charge >= 0.3 is 0 Å². The lowest BCUT2D eigenvalue weighted by atomic mass is 9.80. The Morgan fingerprint density at radius 2 is 0.814 bits per heavy atom. The first-order valence-electron chi connectivity index (χ1n) is 29.8. The molecule has 7 aromatic carbocycles. The van der Waals surface area contributed by atoms with Gasteiger partial charge in [0, 0.05) is 20.3 Å². The molecule has 7 aromatic rings. The fraction of sp³-hybridized carbons (Fsp3) is 0.380. The lowest BCUT2D eigenvalue weighted by Gasteiger charge is -2.50. The van der Waals surface area contributed by atoms with Crippen molar-refractivity contribution >= 4 is 10.1 Å². The summed E-state index contributed by atoms with van der Waals surface area (Å²) in [4.78, 5) is 0. The van der Waals surface area contributed by atoms with Gasteiger partial charge in [0.15, 0.2) is 12.6 Å². The molecule has 0 N–H and O–H groups in total. The summed E-state index contributed by atoms with van der Waals surface area (Å²) in [5.74, 6) is 0. The molecular weight excluding hydrogens is 1110 g/mol. The number of rotatable bonds is 35. The van der Waals surface area contributed by atoms with Gasteiger partial charge in [-0.05, 0) is 51.8 Å². The molecule has 0 saturated carbocycles. The van der Waals surface area contributed by atoms with Crippen molar-refractivity contribution in [1.82, 2.24) is 0 Å². The van der Waals surface area contributed by atoms with Crippen LogP contribution in [0.4, 0.5) is 0 Å². The van der Waals surface area contributed by atoms with E-state index in [0.29, 0.717) is 13.2 Å². The highest BCUT2D eigenvalue weighted by Crippen LogP contribution is 2.41. The molecule has 0 aliphatic carbocycles. The van der Waals surface area contributed by atoms with Crippen LogP contribution in [-0.4, -0.2) is 116 Å². The van der Waals surface area contributed by atoms with E-state index in [-0.39, 0.29) is 46.2 Å². The van der Waals surface area contributed by atoms with Gasteiger partial charge in [-0.15, -0.1) is 6.58 Å². The van der Waals surface area contributed by atoms with Crippen LogP contribution in [-0.2, 0) is 98.4 Å². The predicted octanol–water partition coefficient (Wildman–Crippen LogP) is 12.3. The van der Waals surface area contributed by atoms with E-state index in [1.54, 1.807) is 6.08 Å². The topological polar surface area (TPSA) is 145 Å². The maximum Gasteiger partial charge on any atom is 0.264 e. The van der Waals surface area contributed by atoms with Crippen molar-refractivity contribution < 1.29 is 64.7 Å². The van der Waals surface area contributed by atoms with Gasteiger partial charge < -0.3 is 52.1 Å². The molecule has 2 heterocycles. The largest absolute Gasteiger partial charge is 0.379 e. The van der Waals surface area contributed by atoms with Crippen LogP contribution < -0.4 is 0 Å². The fourth-order valence-corrected chi connectivity index (χ4v) is 11.4. The Morgan fingerprint density at radius 3 is 1.24 bits per heavy atom. The molecule has 0 spiro atoms. The van der Waals surface area contributed by atoms with Crippen molar-refractivity contribution in [3.63, 3.8) is 0 Å². The summed E-state index contributed by atoms with van der Waals surface area (Å²) >= 11 is 0. The minimum Gasteiger partial charge on any atom is -0.379 e. The van der Waals surface area contributed by atoms with Crippen LogP contribution in [0.25, 0.3) is 0 Å². The molecule has 2 aliphatic heterocycles. The molecule has 0 radical (unpaired) electrons. The Kier molecular flexibility index (Phi) is 25.2. The average Bonchev–Trinajstić information content (AvgIpc) is 1.16. The quantitative estimate of drug-likeness (QED) is 0.0161. The maximum atomic E-state index is 12.5. The number of hydrogen-bond donors (Lipinski definition) is 0. The van der Waals surface area contributed by atoms with Crippen LogP contribution in [0.1, 0.15) is 71.0 Å². The van der Waals surface area contributed by atoms with Crippen molar-refractivity contribution in [2.75, 3.05) is 46.4 Å². The van der Waals surface area contributed by atoms with Gasteiger partial charge in [0.05, 0.1) is 52.5 Å². The monoisotopic (exact) mass is 1190 g/mol. The molecule has 2 fully saturated rings. The summed E-state index contributed by atoms with van der Waals surface area (Å²) in [5, 5.41) is 0. The summed E-state index contributed by atoms with van der Waals surface area (Å²) in [7, 11) is -2.42. The zero-order valence-corrected chi connectivity index (χ0v) is 50.1. The molecule has 14 nitrogen and oxygen atoms in total. The van der Waals surface area contributed by atoms with Gasteiger partial charge in [0.25, 0.3) is 10.1 Å². The Labute approximate surface area is 508 Å². The standard InChI is InChI=1S/C71H82O14S/c1-4-45-76-66-64(78-49-55-33-17-9-18-34-55)62(53-82-86(3,72)73)83-69(74-2)68(66)85-70-67(80-51-57-37-21-11-22-38-57)65(79-50-56-35-19-10-20-36-56)63(77-48-54-31-15-8-16-32-54)61(84-70)52-75-46-29-6-5-7-30-47-81-71(58-39-23-12-24-40-58,59-41-25-13-26-42-59)60-43-27-14-28-44-60/h4,8-28,31-44,61-70H,1,5-7,29-30,45-53H2,2-3H3/t61-,62-,63+,64-,65+,66+,67-,68+,69+,70-/m1/s1. The van der Waals surface area contributed by atoms with Gasteiger partial charge in [0.1, 0.15) is 54.4 Å². The second-order valence-electron chi connectivity index (χ2n) is 21.5. The summed E-state index contributed by atoms with van der Waals surface area (Å²) < 4.78 is 105. The zero-order valence-electron chi connectivity index (χ0n) is 49.3.